The molecule has 2 aromatic carbocycles. The molecule has 0 bridgehead atoms. The van der Waals surface area contributed by atoms with Gasteiger partial charge in [-0.2, -0.15) is 0 Å². The zero-order chi connectivity index (χ0) is 18.4. The third-order valence-corrected chi connectivity index (χ3v) is 5.84. The van der Waals surface area contributed by atoms with Crippen molar-refractivity contribution in [3.05, 3.63) is 63.1 Å². The van der Waals surface area contributed by atoms with Crippen molar-refractivity contribution >= 4 is 39.1 Å². The molecule has 1 fully saturated rings. The summed E-state index contributed by atoms with van der Waals surface area (Å²) in [7, 11) is 0. The van der Waals surface area contributed by atoms with Gasteiger partial charge in [-0.05, 0) is 48.1 Å². The molecule has 0 spiro atoms. The number of benzene rings is 2. The molecule has 2 aromatic rings. The van der Waals surface area contributed by atoms with Gasteiger partial charge in [-0.25, -0.2) is 0 Å². The smallest absolute Gasteiger partial charge is 0.228 e. The number of carbonyl (C=O) groups is 1. The van der Waals surface area contributed by atoms with E-state index in [1.807, 2.05) is 36.4 Å². The minimum Gasteiger partial charge on any atom is -0.376 e. The minimum atomic E-state index is -0.0877. The molecule has 0 aromatic heterocycles. The summed E-state index contributed by atoms with van der Waals surface area (Å²) >= 11 is 9.69. The van der Waals surface area contributed by atoms with Gasteiger partial charge in [-0.15, -0.1) is 0 Å². The van der Waals surface area contributed by atoms with Crippen LogP contribution < -0.4 is 5.32 Å². The summed E-state index contributed by atoms with van der Waals surface area (Å²) in [5.74, 6) is 0.632. The van der Waals surface area contributed by atoms with E-state index in [9.17, 15) is 4.79 Å². The van der Waals surface area contributed by atoms with Gasteiger partial charge in [0.2, 0.25) is 5.91 Å². The largest absolute Gasteiger partial charge is 0.376 e. The summed E-state index contributed by atoms with van der Waals surface area (Å²) in [6.07, 6.45) is 5.50. The van der Waals surface area contributed by atoms with Crippen molar-refractivity contribution in [3.8, 4) is 0 Å². The van der Waals surface area contributed by atoms with Gasteiger partial charge < -0.3 is 10.1 Å². The number of nitrogens with one attached hydrogen (secondary N) is 1. The SMILES string of the molecule is O=C(Cc1ccccc1Cl)Nc1ccc(COCC2CCCC2)c(Br)c1. The van der Waals surface area contributed by atoms with Crippen LogP contribution in [0.5, 0.6) is 0 Å². The lowest BCUT2D eigenvalue weighted by Crippen LogP contribution is -2.14. The standard InChI is InChI=1S/C21H23BrClNO2/c22-19-12-18(24-21(25)11-16-7-3-4-8-20(16)23)10-9-17(19)14-26-13-15-5-1-2-6-15/h3-4,7-10,12,15H,1-2,5-6,11,13-14H2,(H,24,25). The highest BCUT2D eigenvalue weighted by Gasteiger charge is 2.15. The highest BCUT2D eigenvalue weighted by atomic mass is 79.9. The molecule has 1 saturated carbocycles. The zero-order valence-corrected chi connectivity index (χ0v) is 17.0. The quantitative estimate of drug-likeness (QED) is 0.579. The van der Waals surface area contributed by atoms with E-state index in [1.54, 1.807) is 6.07 Å². The molecule has 0 unspecified atom stereocenters. The van der Waals surface area contributed by atoms with Crippen LogP contribution >= 0.6 is 27.5 Å². The Hall–Kier alpha value is -1.36. The van der Waals surface area contributed by atoms with Crippen molar-refractivity contribution in [3.63, 3.8) is 0 Å². The Morgan fingerprint density at radius 2 is 1.92 bits per heavy atom. The molecule has 3 rings (SSSR count). The lowest BCUT2D eigenvalue weighted by atomic mass is 10.1. The summed E-state index contributed by atoms with van der Waals surface area (Å²) in [5.41, 5.74) is 2.67. The van der Waals surface area contributed by atoms with Crippen molar-refractivity contribution in [1.29, 1.82) is 0 Å². The van der Waals surface area contributed by atoms with Gasteiger partial charge in [0, 0.05) is 21.8 Å². The van der Waals surface area contributed by atoms with Crippen LogP contribution in [-0.4, -0.2) is 12.5 Å². The van der Waals surface area contributed by atoms with Crippen LogP contribution in [-0.2, 0) is 22.6 Å². The number of anilines is 1. The fourth-order valence-corrected chi connectivity index (χ4v) is 3.97. The fraction of sp³-hybridized carbons (Fsp3) is 0.381. The second-order valence-corrected chi connectivity index (χ2v) is 8.05. The molecular formula is C21H23BrClNO2. The minimum absolute atomic E-state index is 0.0877. The highest BCUT2D eigenvalue weighted by Crippen LogP contribution is 2.26. The first-order valence-corrected chi connectivity index (χ1v) is 10.2. The third-order valence-electron chi connectivity index (χ3n) is 4.73. The molecule has 0 heterocycles. The van der Waals surface area contributed by atoms with E-state index in [0.717, 1.165) is 33.8 Å². The maximum Gasteiger partial charge on any atom is 0.228 e. The molecule has 5 heteroatoms. The second-order valence-electron chi connectivity index (χ2n) is 6.79. The van der Waals surface area contributed by atoms with E-state index >= 15 is 0 Å². The molecule has 3 nitrogen and oxygen atoms in total. The highest BCUT2D eigenvalue weighted by molar-refractivity contribution is 9.10. The van der Waals surface area contributed by atoms with Gasteiger partial charge in [0.25, 0.3) is 0 Å². The lowest BCUT2D eigenvalue weighted by molar-refractivity contribution is -0.115. The number of carbonyl (C=O) groups excluding carboxylic acids is 1. The second kappa shape index (κ2) is 9.54. The summed E-state index contributed by atoms with van der Waals surface area (Å²) in [6.45, 7) is 1.42. The van der Waals surface area contributed by atoms with Crippen molar-refractivity contribution in [2.24, 2.45) is 5.92 Å². The first-order chi connectivity index (χ1) is 12.6. The number of amides is 1. The normalized spacial score (nSPS) is 14.5. The van der Waals surface area contributed by atoms with E-state index in [4.69, 9.17) is 16.3 Å². The number of halogens is 2. The summed E-state index contributed by atoms with van der Waals surface area (Å²) < 4.78 is 6.81. The topological polar surface area (TPSA) is 38.3 Å². The predicted molar refractivity (Wildman–Crippen MR) is 110 cm³/mol. The van der Waals surface area contributed by atoms with E-state index in [2.05, 4.69) is 21.2 Å². The van der Waals surface area contributed by atoms with Crippen LogP contribution in [0.25, 0.3) is 0 Å². The average molecular weight is 437 g/mol. The van der Waals surface area contributed by atoms with E-state index < -0.39 is 0 Å². The van der Waals surface area contributed by atoms with E-state index in [1.165, 1.54) is 25.7 Å². The average Bonchev–Trinajstić information content (AvgIpc) is 3.12. The van der Waals surface area contributed by atoms with Crippen LogP contribution in [0.15, 0.2) is 46.9 Å². The maximum absolute atomic E-state index is 12.2. The number of ether oxygens (including phenoxy) is 1. The lowest BCUT2D eigenvalue weighted by Gasteiger charge is -2.12. The maximum atomic E-state index is 12.2. The van der Waals surface area contributed by atoms with E-state index in [-0.39, 0.29) is 12.3 Å². The Kier molecular flexibility index (Phi) is 7.12. The summed E-state index contributed by atoms with van der Waals surface area (Å²) in [5, 5.41) is 3.53. The fourth-order valence-electron chi connectivity index (χ4n) is 3.27. The Labute approximate surface area is 168 Å². The number of hydrogen-bond acceptors (Lipinski definition) is 2. The Bertz CT molecular complexity index is 759. The van der Waals surface area contributed by atoms with Gasteiger partial charge in [-0.1, -0.05) is 64.6 Å². The molecular weight excluding hydrogens is 414 g/mol. The monoisotopic (exact) mass is 435 g/mol. The molecule has 0 radical (unpaired) electrons. The summed E-state index contributed by atoms with van der Waals surface area (Å²) in [6, 6.07) is 13.2. The van der Waals surface area contributed by atoms with Crippen LogP contribution in [0.1, 0.15) is 36.8 Å². The molecule has 0 atom stereocenters. The molecule has 0 saturated heterocycles. The molecule has 1 N–H and O–H groups in total. The molecule has 138 valence electrons. The van der Waals surface area contributed by atoms with Crippen LogP contribution in [0.4, 0.5) is 5.69 Å². The zero-order valence-electron chi connectivity index (χ0n) is 14.6. The van der Waals surface area contributed by atoms with Gasteiger partial charge in [-0.3, -0.25) is 4.79 Å². The Morgan fingerprint density at radius 3 is 2.65 bits per heavy atom. The number of rotatable bonds is 7. The summed E-state index contributed by atoms with van der Waals surface area (Å²) in [4.78, 5) is 12.2. The molecule has 0 aliphatic heterocycles. The van der Waals surface area contributed by atoms with Gasteiger partial charge in [0.1, 0.15) is 0 Å². The first-order valence-electron chi connectivity index (χ1n) is 9.01. The van der Waals surface area contributed by atoms with E-state index in [0.29, 0.717) is 11.6 Å². The van der Waals surface area contributed by atoms with Crippen molar-refractivity contribution < 1.29 is 9.53 Å². The Morgan fingerprint density at radius 1 is 1.15 bits per heavy atom. The predicted octanol–water partition coefficient (Wildman–Crippen LogP) is 5.99. The third kappa shape index (κ3) is 5.57. The van der Waals surface area contributed by atoms with Crippen molar-refractivity contribution in [2.75, 3.05) is 11.9 Å². The Balaban J connectivity index is 1.51. The van der Waals surface area contributed by atoms with Crippen LogP contribution in [0, 0.1) is 5.92 Å². The van der Waals surface area contributed by atoms with Gasteiger partial charge in [0.05, 0.1) is 13.0 Å². The number of hydrogen-bond donors (Lipinski definition) is 1. The molecule has 26 heavy (non-hydrogen) atoms. The molecule has 1 aliphatic rings. The van der Waals surface area contributed by atoms with Gasteiger partial charge in [0.15, 0.2) is 0 Å². The molecule has 1 aliphatic carbocycles. The van der Waals surface area contributed by atoms with Crippen molar-refractivity contribution in [2.45, 2.75) is 38.7 Å². The molecule has 1 amide bonds. The van der Waals surface area contributed by atoms with Gasteiger partial charge >= 0.3 is 0 Å². The van der Waals surface area contributed by atoms with Crippen LogP contribution in [0.2, 0.25) is 5.02 Å². The van der Waals surface area contributed by atoms with Crippen LogP contribution in [0.3, 0.4) is 0 Å². The van der Waals surface area contributed by atoms with Crippen molar-refractivity contribution in [1.82, 2.24) is 0 Å². The first kappa shape index (κ1) is 19.4.